The highest BCUT2D eigenvalue weighted by Gasteiger charge is 2.26. The first-order chi connectivity index (χ1) is 11.7. The van der Waals surface area contributed by atoms with E-state index in [-0.39, 0.29) is 18.4 Å². The molecule has 1 aliphatic rings. The van der Waals surface area contributed by atoms with Gasteiger partial charge in [-0.15, -0.1) is 0 Å². The molecule has 3 aromatic rings. The van der Waals surface area contributed by atoms with Crippen LogP contribution in [-0.2, 0) is 4.79 Å². The van der Waals surface area contributed by atoms with Crippen LogP contribution in [0.3, 0.4) is 0 Å². The minimum Gasteiger partial charge on any atom is -0.369 e. The monoisotopic (exact) mass is 326 g/mol. The zero-order chi connectivity index (χ0) is 16.5. The number of imidazole rings is 1. The smallest absolute Gasteiger partial charge is 0.231 e. The molecule has 0 radical (unpaired) electrons. The Morgan fingerprint density at radius 3 is 3.25 bits per heavy atom. The van der Waals surface area contributed by atoms with Gasteiger partial charge in [0.25, 0.3) is 0 Å². The molecule has 1 aliphatic heterocycles. The van der Waals surface area contributed by atoms with E-state index in [4.69, 9.17) is 10.3 Å². The van der Waals surface area contributed by atoms with Crippen LogP contribution in [0.2, 0.25) is 0 Å². The van der Waals surface area contributed by atoms with Crippen molar-refractivity contribution in [2.24, 2.45) is 5.73 Å². The fourth-order valence-electron chi connectivity index (χ4n) is 3.21. The maximum Gasteiger partial charge on any atom is 0.231 e. The van der Waals surface area contributed by atoms with Crippen molar-refractivity contribution in [2.45, 2.75) is 18.8 Å². The van der Waals surface area contributed by atoms with Crippen molar-refractivity contribution in [2.75, 3.05) is 19.6 Å². The number of carbonyl (C=O) groups excluding carboxylic acids is 1. The number of hydrogen-bond acceptors (Lipinski definition) is 6. The molecule has 124 valence electrons. The van der Waals surface area contributed by atoms with Gasteiger partial charge in [-0.2, -0.15) is 4.98 Å². The van der Waals surface area contributed by atoms with Crippen LogP contribution in [0.25, 0.3) is 22.4 Å². The van der Waals surface area contributed by atoms with Gasteiger partial charge in [0.15, 0.2) is 0 Å². The van der Waals surface area contributed by atoms with Crippen LogP contribution in [0.1, 0.15) is 24.7 Å². The van der Waals surface area contributed by atoms with E-state index >= 15 is 0 Å². The molecule has 8 heteroatoms. The molecule has 1 saturated heterocycles. The molecule has 1 fully saturated rings. The highest BCUT2D eigenvalue weighted by Crippen LogP contribution is 2.28. The van der Waals surface area contributed by atoms with Gasteiger partial charge in [-0.1, -0.05) is 5.16 Å². The summed E-state index contributed by atoms with van der Waals surface area (Å²) in [4.78, 5) is 25.0. The van der Waals surface area contributed by atoms with Gasteiger partial charge in [0.05, 0.1) is 29.8 Å². The lowest BCUT2D eigenvalue weighted by Crippen LogP contribution is -2.40. The number of nitrogens with zero attached hydrogens (tertiary/aromatic N) is 4. The van der Waals surface area contributed by atoms with Gasteiger partial charge in [-0.05, 0) is 37.6 Å². The van der Waals surface area contributed by atoms with Crippen LogP contribution < -0.4 is 5.73 Å². The number of benzene rings is 1. The van der Waals surface area contributed by atoms with Crippen LogP contribution in [-0.4, -0.2) is 50.5 Å². The summed E-state index contributed by atoms with van der Waals surface area (Å²) < 4.78 is 5.48. The van der Waals surface area contributed by atoms with E-state index in [0.29, 0.717) is 18.3 Å². The number of amides is 1. The molecule has 1 aromatic carbocycles. The Labute approximate surface area is 138 Å². The Kier molecular flexibility index (Phi) is 3.73. The number of carbonyl (C=O) groups is 1. The zero-order valence-electron chi connectivity index (χ0n) is 13.1. The largest absolute Gasteiger partial charge is 0.369 e. The molecule has 2 aromatic heterocycles. The predicted molar refractivity (Wildman–Crippen MR) is 87.0 cm³/mol. The third-order valence-corrected chi connectivity index (χ3v) is 4.35. The number of nitrogens with two attached hydrogens (primary N) is 1. The molecule has 24 heavy (non-hydrogen) atoms. The number of aromatic nitrogens is 4. The minimum absolute atomic E-state index is 0.134. The highest BCUT2D eigenvalue weighted by atomic mass is 16.5. The Morgan fingerprint density at radius 1 is 1.46 bits per heavy atom. The van der Waals surface area contributed by atoms with Crippen LogP contribution in [0.15, 0.2) is 29.0 Å². The van der Waals surface area contributed by atoms with E-state index in [0.717, 1.165) is 36.0 Å². The molecule has 0 saturated carbocycles. The van der Waals surface area contributed by atoms with Crippen molar-refractivity contribution in [3.05, 3.63) is 30.4 Å². The van der Waals surface area contributed by atoms with Gasteiger partial charge in [0.1, 0.15) is 0 Å². The molecule has 8 nitrogen and oxygen atoms in total. The first-order valence-corrected chi connectivity index (χ1v) is 7.97. The number of likely N-dealkylation sites (tertiary alicyclic amines) is 1. The Bertz CT molecular complexity index is 870. The lowest BCUT2D eigenvalue weighted by atomic mass is 9.98. The van der Waals surface area contributed by atoms with E-state index in [1.54, 1.807) is 6.33 Å². The van der Waals surface area contributed by atoms with Crippen molar-refractivity contribution in [3.8, 4) is 11.4 Å². The summed E-state index contributed by atoms with van der Waals surface area (Å²) in [7, 11) is 0. The molecule has 1 atom stereocenters. The fourth-order valence-corrected chi connectivity index (χ4v) is 3.21. The van der Waals surface area contributed by atoms with Gasteiger partial charge < -0.3 is 15.2 Å². The maximum absolute atomic E-state index is 11.1. The Balaban J connectivity index is 1.54. The summed E-state index contributed by atoms with van der Waals surface area (Å²) in [6, 6.07) is 5.81. The summed E-state index contributed by atoms with van der Waals surface area (Å²) in [6.07, 6.45) is 3.61. The highest BCUT2D eigenvalue weighted by molar-refractivity contribution is 5.79. The minimum atomic E-state index is -0.310. The predicted octanol–water partition coefficient (Wildman–Crippen LogP) is 1.28. The standard InChI is InChI=1S/C16H18N6O2/c17-14(23)8-22-5-1-2-11(7-22)16-20-15(21-24-16)10-3-4-12-13(6-10)19-9-18-12/h3-4,6,9,11H,1-2,5,7-8H2,(H2,17,23)(H,18,19)/t11-/m0/s1. The first kappa shape index (κ1) is 14.8. The van der Waals surface area contributed by atoms with Gasteiger partial charge in [-0.25, -0.2) is 4.98 Å². The van der Waals surface area contributed by atoms with Crippen molar-refractivity contribution in [3.63, 3.8) is 0 Å². The fraction of sp³-hybridized carbons (Fsp3) is 0.375. The van der Waals surface area contributed by atoms with Crippen LogP contribution in [0.5, 0.6) is 0 Å². The summed E-state index contributed by atoms with van der Waals surface area (Å²) in [6.45, 7) is 1.86. The zero-order valence-corrected chi connectivity index (χ0v) is 13.1. The third kappa shape index (κ3) is 2.88. The average Bonchev–Trinajstić information content (AvgIpc) is 3.23. The molecule has 3 N–H and O–H groups in total. The maximum atomic E-state index is 11.1. The second-order valence-corrected chi connectivity index (χ2v) is 6.13. The second kappa shape index (κ2) is 6.04. The molecule has 1 amide bonds. The van der Waals surface area contributed by atoms with E-state index < -0.39 is 0 Å². The summed E-state index contributed by atoms with van der Waals surface area (Å²) in [5, 5.41) is 4.11. The lowest BCUT2D eigenvalue weighted by Gasteiger charge is -2.29. The quantitative estimate of drug-likeness (QED) is 0.746. The molecule has 4 rings (SSSR count). The van der Waals surface area contributed by atoms with Gasteiger partial charge >= 0.3 is 0 Å². The van der Waals surface area contributed by atoms with E-state index in [1.165, 1.54) is 0 Å². The molecule has 3 heterocycles. The molecule has 0 aliphatic carbocycles. The molecule has 0 unspecified atom stereocenters. The average molecular weight is 326 g/mol. The molecular weight excluding hydrogens is 308 g/mol. The van der Waals surface area contributed by atoms with Crippen LogP contribution in [0.4, 0.5) is 0 Å². The lowest BCUT2D eigenvalue weighted by molar-refractivity contribution is -0.119. The Morgan fingerprint density at radius 2 is 2.38 bits per heavy atom. The normalized spacial score (nSPS) is 18.9. The summed E-state index contributed by atoms with van der Waals surface area (Å²) in [5.74, 6) is 1.00. The number of nitrogens with one attached hydrogen (secondary N) is 1. The summed E-state index contributed by atoms with van der Waals surface area (Å²) in [5.41, 5.74) is 8.00. The Hall–Kier alpha value is -2.74. The number of fused-ring (bicyclic) bond motifs is 1. The van der Waals surface area contributed by atoms with Crippen molar-refractivity contribution >= 4 is 16.9 Å². The molecular formula is C16H18N6O2. The third-order valence-electron chi connectivity index (χ3n) is 4.35. The number of rotatable bonds is 4. The van der Waals surface area contributed by atoms with Crippen molar-refractivity contribution in [1.29, 1.82) is 0 Å². The van der Waals surface area contributed by atoms with Gasteiger partial charge in [0.2, 0.25) is 17.6 Å². The van der Waals surface area contributed by atoms with E-state index in [9.17, 15) is 4.79 Å². The van der Waals surface area contributed by atoms with Gasteiger partial charge in [-0.3, -0.25) is 9.69 Å². The van der Waals surface area contributed by atoms with Gasteiger partial charge in [0, 0.05) is 12.1 Å². The number of primary amides is 1. The number of piperidine rings is 1. The van der Waals surface area contributed by atoms with Crippen molar-refractivity contribution < 1.29 is 9.32 Å². The molecule has 0 spiro atoms. The first-order valence-electron chi connectivity index (χ1n) is 7.97. The van der Waals surface area contributed by atoms with Crippen LogP contribution in [0, 0.1) is 0 Å². The van der Waals surface area contributed by atoms with E-state index in [2.05, 4.69) is 20.1 Å². The topological polar surface area (TPSA) is 114 Å². The summed E-state index contributed by atoms with van der Waals surface area (Å²) >= 11 is 0. The van der Waals surface area contributed by atoms with E-state index in [1.807, 2.05) is 23.1 Å². The number of H-pyrrole nitrogens is 1. The number of hydrogen-bond donors (Lipinski definition) is 2. The molecule has 0 bridgehead atoms. The SMILES string of the molecule is NC(=O)CN1CCC[C@H](c2nc(-c3ccc4nc[nH]c4c3)no2)C1. The van der Waals surface area contributed by atoms with Crippen LogP contribution >= 0.6 is 0 Å². The van der Waals surface area contributed by atoms with Crippen molar-refractivity contribution in [1.82, 2.24) is 25.0 Å². The number of aromatic amines is 1. The second-order valence-electron chi connectivity index (χ2n) is 6.13.